The van der Waals surface area contributed by atoms with Gasteiger partial charge in [-0.25, -0.2) is 0 Å². The van der Waals surface area contributed by atoms with Crippen molar-refractivity contribution in [2.75, 3.05) is 13.2 Å². The van der Waals surface area contributed by atoms with Crippen LogP contribution in [0.2, 0.25) is 0 Å². The van der Waals surface area contributed by atoms with Crippen LogP contribution in [0, 0.1) is 5.92 Å². The topological polar surface area (TPSA) is 21.3 Å². The predicted molar refractivity (Wildman–Crippen MR) is 78.1 cm³/mol. The van der Waals surface area contributed by atoms with Gasteiger partial charge in [0.2, 0.25) is 0 Å². The van der Waals surface area contributed by atoms with E-state index in [1.54, 1.807) is 0 Å². The zero-order valence-electron chi connectivity index (χ0n) is 12.2. The molecule has 0 fully saturated rings. The minimum absolute atomic E-state index is 0.402. The Hall–Kier alpha value is -1.02. The van der Waals surface area contributed by atoms with Gasteiger partial charge in [0.05, 0.1) is 6.61 Å². The first-order valence-corrected chi connectivity index (χ1v) is 7.13. The molecule has 18 heavy (non-hydrogen) atoms. The minimum atomic E-state index is 0.402. The minimum Gasteiger partial charge on any atom is -0.494 e. The summed E-state index contributed by atoms with van der Waals surface area (Å²) in [4.78, 5) is 0. The van der Waals surface area contributed by atoms with Gasteiger partial charge in [0.25, 0.3) is 0 Å². The predicted octanol–water partition coefficient (Wildman–Crippen LogP) is 4.17. The monoisotopic (exact) mass is 249 g/mol. The Bertz CT molecular complexity index is 320. The second-order valence-electron chi connectivity index (χ2n) is 5.06. The lowest BCUT2D eigenvalue weighted by atomic mass is 10.1. The molecule has 1 aromatic rings. The summed E-state index contributed by atoms with van der Waals surface area (Å²) in [6.45, 7) is 10.7. The standard InChI is InChI=1S/C16H27NO/c1-5-11-18-16-9-7-15(8-10-16)14(4)17-12-13(3)6-2/h7-10,13-14,17H,5-6,11-12H2,1-4H3. The van der Waals surface area contributed by atoms with Crippen LogP contribution in [0.1, 0.15) is 52.1 Å². The summed E-state index contributed by atoms with van der Waals surface area (Å²) in [5.41, 5.74) is 1.32. The van der Waals surface area contributed by atoms with Gasteiger partial charge >= 0.3 is 0 Å². The van der Waals surface area contributed by atoms with Crippen LogP contribution in [0.3, 0.4) is 0 Å². The molecule has 0 saturated carbocycles. The van der Waals surface area contributed by atoms with E-state index in [-0.39, 0.29) is 0 Å². The van der Waals surface area contributed by atoms with Crippen LogP contribution in [0.15, 0.2) is 24.3 Å². The molecule has 0 aliphatic carbocycles. The summed E-state index contributed by atoms with van der Waals surface area (Å²) in [5.74, 6) is 1.70. The van der Waals surface area contributed by atoms with Gasteiger partial charge in [0.15, 0.2) is 0 Å². The van der Waals surface area contributed by atoms with E-state index in [4.69, 9.17) is 4.74 Å². The lowest BCUT2D eigenvalue weighted by Gasteiger charge is -2.17. The number of ether oxygens (including phenoxy) is 1. The highest BCUT2D eigenvalue weighted by Crippen LogP contribution is 2.18. The first-order chi connectivity index (χ1) is 8.67. The third-order valence-electron chi connectivity index (χ3n) is 3.32. The van der Waals surface area contributed by atoms with Crippen LogP contribution in [-0.2, 0) is 0 Å². The van der Waals surface area contributed by atoms with Crippen molar-refractivity contribution in [3.05, 3.63) is 29.8 Å². The Morgan fingerprint density at radius 3 is 2.33 bits per heavy atom. The number of hydrogen-bond donors (Lipinski definition) is 1. The van der Waals surface area contributed by atoms with Crippen molar-refractivity contribution < 1.29 is 4.74 Å². The SMILES string of the molecule is CCCOc1ccc(C(C)NCC(C)CC)cc1. The molecular formula is C16H27NO. The Morgan fingerprint density at radius 2 is 1.78 bits per heavy atom. The Balaban J connectivity index is 2.45. The summed E-state index contributed by atoms with van der Waals surface area (Å²) in [5, 5.41) is 3.57. The molecule has 0 aromatic heterocycles. The van der Waals surface area contributed by atoms with E-state index in [2.05, 4.69) is 57.3 Å². The van der Waals surface area contributed by atoms with Crippen molar-refractivity contribution in [3.8, 4) is 5.75 Å². The van der Waals surface area contributed by atoms with Crippen LogP contribution in [-0.4, -0.2) is 13.2 Å². The lowest BCUT2D eigenvalue weighted by Crippen LogP contribution is -2.24. The molecule has 0 amide bonds. The fourth-order valence-electron chi connectivity index (χ4n) is 1.71. The molecule has 1 rings (SSSR count). The molecule has 0 spiro atoms. The Kier molecular flexibility index (Phi) is 6.81. The average Bonchev–Trinajstić information content (AvgIpc) is 2.42. The maximum Gasteiger partial charge on any atom is 0.119 e. The molecule has 0 saturated heterocycles. The van der Waals surface area contributed by atoms with E-state index in [9.17, 15) is 0 Å². The molecule has 2 unspecified atom stereocenters. The molecule has 0 aliphatic heterocycles. The van der Waals surface area contributed by atoms with Gasteiger partial charge in [-0.05, 0) is 43.5 Å². The van der Waals surface area contributed by atoms with E-state index in [0.717, 1.165) is 31.2 Å². The van der Waals surface area contributed by atoms with Gasteiger partial charge < -0.3 is 10.1 Å². The van der Waals surface area contributed by atoms with E-state index in [1.165, 1.54) is 12.0 Å². The first-order valence-electron chi connectivity index (χ1n) is 7.13. The molecule has 0 bridgehead atoms. The van der Waals surface area contributed by atoms with E-state index in [0.29, 0.717) is 6.04 Å². The average molecular weight is 249 g/mol. The summed E-state index contributed by atoms with van der Waals surface area (Å²) < 4.78 is 5.59. The normalized spacial score (nSPS) is 14.2. The van der Waals surface area contributed by atoms with Gasteiger partial charge in [-0.2, -0.15) is 0 Å². The van der Waals surface area contributed by atoms with Gasteiger partial charge in [-0.3, -0.25) is 0 Å². The fraction of sp³-hybridized carbons (Fsp3) is 0.625. The molecule has 0 aliphatic rings. The maximum absolute atomic E-state index is 5.59. The molecule has 2 atom stereocenters. The first kappa shape index (κ1) is 15.0. The van der Waals surface area contributed by atoms with Crippen molar-refractivity contribution in [1.29, 1.82) is 0 Å². The summed E-state index contributed by atoms with van der Waals surface area (Å²) in [7, 11) is 0. The van der Waals surface area contributed by atoms with Crippen LogP contribution < -0.4 is 10.1 Å². The van der Waals surface area contributed by atoms with Crippen LogP contribution in [0.4, 0.5) is 0 Å². The van der Waals surface area contributed by atoms with E-state index < -0.39 is 0 Å². The third-order valence-corrected chi connectivity index (χ3v) is 3.32. The highest BCUT2D eigenvalue weighted by molar-refractivity contribution is 5.28. The van der Waals surface area contributed by atoms with Gasteiger partial charge in [-0.1, -0.05) is 39.3 Å². The maximum atomic E-state index is 5.59. The second kappa shape index (κ2) is 8.15. The smallest absolute Gasteiger partial charge is 0.119 e. The van der Waals surface area contributed by atoms with Crippen LogP contribution in [0.5, 0.6) is 5.75 Å². The highest BCUT2D eigenvalue weighted by Gasteiger charge is 2.06. The second-order valence-corrected chi connectivity index (χ2v) is 5.06. The zero-order valence-corrected chi connectivity index (χ0v) is 12.2. The van der Waals surface area contributed by atoms with Crippen molar-refractivity contribution in [3.63, 3.8) is 0 Å². The number of benzene rings is 1. The molecule has 0 heterocycles. The summed E-state index contributed by atoms with van der Waals surface area (Å²) in [6, 6.07) is 8.83. The number of hydrogen-bond acceptors (Lipinski definition) is 2. The summed E-state index contributed by atoms with van der Waals surface area (Å²) >= 11 is 0. The number of nitrogens with one attached hydrogen (secondary N) is 1. The van der Waals surface area contributed by atoms with E-state index in [1.807, 2.05) is 0 Å². The molecular weight excluding hydrogens is 222 g/mol. The van der Waals surface area contributed by atoms with Gasteiger partial charge in [0, 0.05) is 6.04 Å². The lowest BCUT2D eigenvalue weighted by molar-refractivity contribution is 0.317. The van der Waals surface area contributed by atoms with Gasteiger partial charge in [-0.15, -0.1) is 0 Å². The quantitative estimate of drug-likeness (QED) is 0.746. The van der Waals surface area contributed by atoms with Crippen molar-refractivity contribution in [2.24, 2.45) is 5.92 Å². The molecule has 102 valence electrons. The summed E-state index contributed by atoms with van der Waals surface area (Å²) in [6.07, 6.45) is 2.28. The molecule has 2 heteroatoms. The van der Waals surface area contributed by atoms with Crippen molar-refractivity contribution in [1.82, 2.24) is 5.32 Å². The Morgan fingerprint density at radius 1 is 1.11 bits per heavy atom. The van der Waals surface area contributed by atoms with Crippen molar-refractivity contribution >= 4 is 0 Å². The molecule has 1 aromatic carbocycles. The highest BCUT2D eigenvalue weighted by atomic mass is 16.5. The molecule has 0 radical (unpaired) electrons. The molecule has 2 nitrogen and oxygen atoms in total. The van der Waals surface area contributed by atoms with Crippen LogP contribution >= 0.6 is 0 Å². The van der Waals surface area contributed by atoms with Gasteiger partial charge in [0.1, 0.15) is 5.75 Å². The molecule has 1 N–H and O–H groups in total. The largest absolute Gasteiger partial charge is 0.494 e. The zero-order chi connectivity index (χ0) is 13.4. The fourth-order valence-corrected chi connectivity index (χ4v) is 1.71. The van der Waals surface area contributed by atoms with Crippen LogP contribution in [0.25, 0.3) is 0 Å². The Labute approximate surface area is 112 Å². The van der Waals surface area contributed by atoms with Crippen molar-refractivity contribution in [2.45, 2.75) is 46.6 Å². The number of rotatable bonds is 8. The third kappa shape index (κ3) is 5.09. The van der Waals surface area contributed by atoms with E-state index >= 15 is 0 Å².